The van der Waals surface area contributed by atoms with E-state index < -0.39 is 17.7 Å². The number of fused-ring (bicyclic) bond motifs is 4. The molecule has 1 saturated heterocycles. The van der Waals surface area contributed by atoms with Gasteiger partial charge in [-0.15, -0.1) is 0 Å². The Morgan fingerprint density at radius 2 is 2.03 bits per heavy atom. The summed E-state index contributed by atoms with van der Waals surface area (Å²) in [6.45, 7) is 0. The van der Waals surface area contributed by atoms with Gasteiger partial charge in [-0.25, -0.2) is 18.7 Å². The number of H-pyrrole nitrogens is 1. The van der Waals surface area contributed by atoms with Gasteiger partial charge in [0.05, 0.1) is 28.6 Å². The molecule has 4 heterocycles. The molecule has 0 radical (unpaired) electrons. The summed E-state index contributed by atoms with van der Waals surface area (Å²) in [4.78, 5) is 29.9. The number of benzene rings is 1. The highest BCUT2D eigenvalue weighted by Gasteiger charge is 2.44. The molecule has 1 fully saturated rings. The van der Waals surface area contributed by atoms with E-state index in [2.05, 4.69) is 20.5 Å². The summed E-state index contributed by atoms with van der Waals surface area (Å²) in [5.74, 6) is -1.37. The number of aromatic amines is 1. The normalized spacial score (nSPS) is 19.3. The number of hydrogen-bond donors (Lipinski definition) is 2. The number of nitrogens with one attached hydrogen (secondary N) is 2. The molecular weight excluding hydrogens is 428 g/mol. The van der Waals surface area contributed by atoms with Gasteiger partial charge in [0.25, 0.3) is 5.56 Å². The summed E-state index contributed by atoms with van der Waals surface area (Å²) in [5.41, 5.74) is 1.38. The van der Waals surface area contributed by atoms with E-state index in [1.807, 2.05) is 0 Å². The molecule has 3 aromatic rings. The van der Waals surface area contributed by atoms with Crippen molar-refractivity contribution in [3.8, 4) is 11.1 Å². The first-order valence-corrected chi connectivity index (χ1v) is 10.1. The van der Waals surface area contributed by atoms with Crippen molar-refractivity contribution in [2.75, 3.05) is 5.32 Å². The molecule has 0 aliphatic carbocycles. The topological polar surface area (TPSA) is 91.0 Å². The van der Waals surface area contributed by atoms with E-state index in [0.717, 1.165) is 24.2 Å². The molecule has 0 saturated carbocycles. The maximum atomic E-state index is 14.8. The van der Waals surface area contributed by atoms with Gasteiger partial charge in [-0.3, -0.25) is 9.78 Å². The van der Waals surface area contributed by atoms with E-state index in [1.165, 1.54) is 24.4 Å². The van der Waals surface area contributed by atoms with Crippen LogP contribution in [0, 0.1) is 11.6 Å². The zero-order valence-electron chi connectivity index (χ0n) is 16.0. The summed E-state index contributed by atoms with van der Waals surface area (Å²) in [6.07, 6.45) is 4.37. The van der Waals surface area contributed by atoms with Crippen molar-refractivity contribution in [1.29, 1.82) is 0 Å². The molecule has 10 heteroatoms. The van der Waals surface area contributed by atoms with Crippen molar-refractivity contribution in [2.24, 2.45) is 0 Å². The molecule has 31 heavy (non-hydrogen) atoms. The van der Waals surface area contributed by atoms with E-state index >= 15 is 0 Å². The lowest BCUT2D eigenvalue weighted by Crippen LogP contribution is -2.45. The van der Waals surface area contributed by atoms with Gasteiger partial charge in [-0.05, 0) is 43.0 Å². The van der Waals surface area contributed by atoms with Crippen molar-refractivity contribution in [3.05, 3.63) is 74.9 Å². The van der Waals surface area contributed by atoms with Crippen LogP contribution in [0.1, 0.15) is 30.1 Å². The first-order valence-electron chi connectivity index (χ1n) is 9.69. The first-order chi connectivity index (χ1) is 14.9. The number of halogens is 3. The second-order valence-corrected chi connectivity index (χ2v) is 8.01. The number of carbonyl (C=O) groups excluding carboxylic acids is 1. The van der Waals surface area contributed by atoms with Crippen molar-refractivity contribution < 1.29 is 13.6 Å². The number of carbonyl (C=O) groups is 1. The molecule has 7 nitrogen and oxygen atoms in total. The van der Waals surface area contributed by atoms with Crippen LogP contribution in [0.4, 0.5) is 19.3 Å². The summed E-state index contributed by atoms with van der Waals surface area (Å²) in [7, 11) is 0. The van der Waals surface area contributed by atoms with Crippen molar-refractivity contribution >= 4 is 23.3 Å². The van der Waals surface area contributed by atoms with Crippen LogP contribution in [0.3, 0.4) is 0 Å². The molecule has 0 unspecified atom stereocenters. The number of hydrogen-bond acceptors (Lipinski definition) is 4. The summed E-state index contributed by atoms with van der Waals surface area (Å²) < 4.78 is 28.8. The molecule has 2 aliphatic rings. The highest BCUT2D eigenvalue weighted by Crippen LogP contribution is 2.42. The molecule has 2 atom stereocenters. The van der Waals surface area contributed by atoms with Gasteiger partial charge in [0.15, 0.2) is 0 Å². The lowest BCUT2D eigenvalue weighted by molar-refractivity contribution is 0.177. The first kappa shape index (κ1) is 19.6. The minimum Gasteiger partial charge on any atom is -0.313 e. The molecule has 1 aromatic carbocycles. The minimum atomic E-state index is -0.740. The quantitative estimate of drug-likeness (QED) is 0.625. The number of pyridine rings is 1. The highest BCUT2D eigenvalue weighted by atomic mass is 35.5. The van der Waals surface area contributed by atoms with Crippen LogP contribution in [0.5, 0.6) is 0 Å². The van der Waals surface area contributed by atoms with Gasteiger partial charge in [-0.2, -0.15) is 5.10 Å². The van der Waals surface area contributed by atoms with E-state index in [-0.39, 0.29) is 39.5 Å². The Morgan fingerprint density at radius 3 is 2.84 bits per heavy atom. The number of nitrogens with zero attached hydrogens (tertiary/aromatic N) is 3. The van der Waals surface area contributed by atoms with Gasteiger partial charge in [0, 0.05) is 29.4 Å². The zero-order valence-corrected chi connectivity index (χ0v) is 16.8. The fourth-order valence-electron chi connectivity index (χ4n) is 4.44. The van der Waals surface area contributed by atoms with Crippen LogP contribution in [0.25, 0.3) is 11.1 Å². The Hall–Kier alpha value is -3.33. The zero-order chi connectivity index (χ0) is 21.7. The molecule has 2 amide bonds. The second kappa shape index (κ2) is 7.42. The van der Waals surface area contributed by atoms with Crippen molar-refractivity contribution in [2.45, 2.75) is 31.3 Å². The van der Waals surface area contributed by atoms with E-state index in [1.54, 1.807) is 4.90 Å². The van der Waals surface area contributed by atoms with Crippen LogP contribution in [0.2, 0.25) is 5.02 Å². The summed E-state index contributed by atoms with van der Waals surface area (Å²) >= 11 is 6.27. The van der Waals surface area contributed by atoms with E-state index in [4.69, 9.17) is 11.6 Å². The number of urea groups is 1. The number of amides is 2. The van der Waals surface area contributed by atoms with Gasteiger partial charge in [0.2, 0.25) is 0 Å². The van der Waals surface area contributed by atoms with Crippen molar-refractivity contribution in [1.82, 2.24) is 20.1 Å². The van der Waals surface area contributed by atoms with Crippen LogP contribution in [-0.2, 0) is 6.42 Å². The Bertz CT molecular complexity index is 1260. The number of anilines is 1. The third kappa shape index (κ3) is 3.34. The lowest BCUT2D eigenvalue weighted by atomic mass is 9.99. The third-order valence-corrected chi connectivity index (χ3v) is 6.10. The predicted molar refractivity (Wildman–Crippen MR) is 110 cm³/mol. The number of aromatic nitrogens is 3. The van der Waals surface area contributed by atoms with Crippen LogP contribution in [-0.4, -0.2) is 32.2 Å². The average Bonchev–Trinajstić information content (AvgIpc) is 3.06. The number of rotatable bonds is 2. The smallest absolute Gasteiger partial charge is 0.313 e. The SMILES string of the molecule is O=C(Nc1cc(Cl)c(-c2ccncc2F)cc1F)N1[C@H]2CC[C@@H]1c1n[nH]c(=O)cc1C2. The maximum absolute atomic E-state index is 14.8. The molecular formula is C21H16ClF2N5O2. The molecule has 2 aliphatic heterocycles. The Balaban J connectivity index is 1.43. The largest absolute Gasteiger partial charge is 0.322 e. The van der Waals surface area contributed by atoms with Crippen LogP contribution >= 0.6 is 11.6 Å². The predicted octanol–water partition coefficient (Wildman–Crippen LogP) is 4.06. The second-order valence-electron chi connectivity index (χ2n) is 7.60. The molecule has 5 rings (SSSR count). The fourth-order valence-corrected chi connectivity index (χ4v) is 4.70. The minimum absolute atomic E-state index is 0.0907. The van der Waals surface area contributed by atoms with Gasteiger partial charge in [0.1, 0.15) is 11.6 Å². The van der Waals surface area contributed by atoms with Gasteiger partial charge < -0.3 is 10.2 Å². The highest BCUT2D eigenvalue weighted by molar-refractivity contribution is 6.33. The summed E-state index contributed by atoms with van der Waals surface area (Å²) in [5, 5.41) is 9.21. The monoisotopic (exact) mass is 443 g/mol. The molecule has 0 spiro atoms. The van der Waals surface area contributed by atoms with Gasteiger partial charge in [-0.1, -0.05) is 11.6 Å². The molecule has 158 valence electrons. The average molecular weight is 444 g/mol. The Kier molecular flexibility index (Phi) is 4.70. The van der Waals surface area contributed by atoms with Crippen LogP contribution in [0.15, 0.2) is 41.5 Å². The van der Waals surface area contributed by atoms with E-state index in [0.29, 0.717) is 18.5 Å². The lowest BCUT2D eigenvalue weighted by Gasteiger charge is -2.35. The molecule has 2 N–H and O–H groups in total. The summed E-state index contributed by atoms with van der Waals surface area (Å²) in [6, 6.07) is 4.37. The maximum Gasteiger partial charge on any atom is 0.322 e. The molecule has 2 aromatic heterocycles. The molecule has 2 bridgehead atoms. The van der Waals surface area contributed by atoms with Gasteiger partial charge >= 0.3 is 6.03 Å². The van der Waals surface area contributed by atoms with Crippen molar-refractivity contribution in [3.63, 3.8) is 0 Å². The van der Waals surface area contributed by atoms with E-state index in [9.17, 15) is 18.4 Å². The Morgan fingerprint density at radius 1 is 1.19 bits per heavy atom. The third-order valence-electron chi connectivity index (χ3n) is 5.79. The standard InChI is InChI=1S/C21H16ClF2N5O2/c22-14-8-17(15(23)7-13(14)12-3-4-25-9-16(12)24)26-21(31)29-11-1-2-18(29)20-10(5-11)6-19(30)27-28-20/h3-4,6-9,11,18H,1-2,5H2,(H,26,31)(H,27,30)/t11-,18+/m0/s1. The Labute approximate surface area is 180 Å². The van der Waals surface area contributed by atoms with Crippen LogP contribution < -0.4 is 10.9 Å². The fraction of sp³-hybridized carbons (Fsp3) is 0.238.